The summed E-state index contributed by atoms with van der Waals surface area (Å²) in [6, 6.07) is 1.90. The van der Waals surface area contributed by atoms with Crippen molar-refractivity contribution < 1.29 is 12.9 Å². The van der Waals surface area contributed by atoms with Crippen LogP contribution in [0.5, 0.6) is 0 Å². The first-order chi connectivity index (χ1) is 12.4. The summed E-state index contributed by atoms with van der Waals surface area (Å²) in [5.74, 6) is 1.14. The van der Waals surface area contributed by atoms with E-state index in [1.165, 1.54) is 6.26 Å². The first kappa shape index (κ1) is 19.2. The van der Waals surface area contributed by atoms with Gasteiger partial charge in [-0.3, -0.25) is 9.89 Å². The third kappa shape index (κ3) is 5.44. The Morgan fingerprint density at radius 3 is 2.62 bits per heavy atom. The predicted octanol–water partition coefficient (Wildman–Crippen LogP) is 0.583. The Hall–Kier alpha value is -1.61. The number of aromatic nitrogens is 1. The maximum absolute atomic E-state index is 11.6. The minimum atomic E-state index is -2.96. The van der Waals surface area contributed by atoms with Crippen LogP contribution in [-0.4, -0.2) is 80.6 Å². The van der Waals surface area contributed by atoms with Gasteiger partial charge in [0.1, 0.15) is 16.1 Å². The minimum Gasteiger partial charge on any atom is -0.364 e. The van der Waals surface area contributed by atoms with E-state index in [0.717, 1.165) is 63.8 Å². The second-order valence-corrected chi connectivity index (χ2v) is 9.63. The van der Waals surface area contributed by atoms with Crippen molar-refractivity contribution in [2.24, 2.45) is 10.4 Å². The molecule has 1 aliphatic carbocycles. The lowest BCUT2D eigenvalue weighted by Crippen LogP contribution is -2.52. The predicted molar refractivity (Wildman–Crippen MR) is 101 cm³/mol. The van der Waals surface area contributed by atoms with Crippen molar-refractivity contribution in [3.05, 3.63) is 18.0 Å². The van der Waals surface area contributed by atoms with Crippen LogP contribution in [-0.2, 0) is 16.4 Å². The first-order valence-electron chi connectivity index (χ1n) is 9.22. The van der Waals surface area contributed by atoms with Crippen LogP contribution in [0.25, 0.3) is 0 Å². The van der Waals surface area contributed by atoms with E-state index in [4.69, 9.17) is 9.52 Å². The highest BCUT2D eigenvalue weighted by Crippen LogP contribution is 2.46. The van der Waals surface area contributed by atoms with Gasteiger partial charge >= 0.3 is 0 Å². The van der Waals surface area contributed by atoms with Gasteiger partial charge in [0, 0.05) is 63.6 Å². The molecule has 1 aromatic rings. The average molecular weight is 384 g/mol. The second kappa shape index (κ2) is 7.96. The number of aliphatic imine (C=N–C) groups is 1. The van der Waals surface area contributed by atoms with Gasteiger partial charge in [-0.25, -0.2) is 8.42 Å². The lowest BCUT2D eigenvalue weighted by Gasteiger charge is -2.36. The quantitative estimate of drug-likeness (QED) is 0.544. The van der Waals surface area contributed by atoms with Gasteiger partial charge in [0.2, 0.25) is 0 Å². The van der Waals surface area contributed by atoms with Gasteiger partial charge in [-0.1, -0.05) is 5.16 Å². The van der Waals surface area contributed by atoms with Crippen LogP contribution in [0.2, 0.25) is 0 Å². The van der Waals surface area contributed by atoms with Gasteiger partial charge in [-0.05, 0) is 19.8 Å². The molecule has 2 heterocycles. The summed E-state index contributed by atoms with van der Waals surface area (Å²) in [6.07, 6.45) is 4.82. The van der Waals surface area contributed by atoms with Crippen molar-refractivity contribution in [3.8, 4) is 0 Å². The van der Waals surface area contributed by atoms with E-state index in [2.05, 4.69) is 27.2 Å². The Morgan fingerprint density at radius 1 is 1.35 bits per heavy atom. The zero-order valence-corrected chi connectivity index (χ0v) is 16.5. The van der Waals surface area contributed by atoms with Gasteiger partial charge < -0.3 is 14.7 Å². The van der Waals surface area contributed by atoms with Gasteiger partial charge in [0.25, 0.3) is 0 Å². The molecule has 0 aromatic carbocycles. The van der Waals surface area contributed by atoms with E-state index < -0.39 is 9.84 Å². The summed E-state index contributed by atoms with van der Waals surface area (Å²) in [5.41, 5.74) is 0.818. The summed E-state index contributed by atoms with van der Waals surface area (Å²) >= 11 is 0. The van der Waals surface area contributed by atoms with Crippen LogP contribution < -0.4 is 5.32 Å². The zero-order valence-electron chi connectivity index (χ0n) is 15.6. The molecule has 0 atom stereocenters. The van der Waals surface area contributed by atoms with E-state index in [9.17, 15) is 8.42 Å². The van der Waals surface area contributed by atoms with Crippen molar-refractivity contribution in [2.45, 2.75) is 26.3 Å². The lowest BCUT2D eigenvalue weighted by atomic mass is 10.1. The summed E-state index contributed by atoms with van der Waals surface area (Å²) in [7, 11) is -2.96. The molecule has 8 nitrogen and oxygen atoms in total. The number of hydrogen-bond donors (Lipinski definition) is 1. The maximum atomic E-state index is 11.6. The number of piperazine rings is 1. The van der Waals surface area contributed by atoms with Crippen LogP contribution in [0.15, 0.2) is 21.8 Å². The number of nitrogens with one attached hydrogen (secondary N) is 1. The molecule has 0 radical (unpaired) electrons. The SMILES string of the molecule is CCNC(=NCC1(CS(C)(=O)=O)CC1)N1CCN(Cc2ccon2)CC1. The molecule has 1 saturated carbocycles. The second-order valence-electron chi connectivity index (χ2n) is 7.49. The molecule has 2 aliphatic rings. The summed E-state index contributed by atoms with van der Waals surface area (Å²) in [5, 5.41) is 7.33. The number of nitrogens with zero attached hydrogens (tertiary/aromatic N) is 4. The van der Waals surface area contributed by atoms with E-state index in [-0.39, 0.29) is 11.2 Å². The van der Waals surface area contributed by atoms with E-state index in [0.29, 0.717) is 6.54 Å². The lowest BCUT2D eigenvalue weighted by molar-refractivity contribution is 0.169. The first-order valence-corrected chi connectivity index (χ1v) is 11.3. The normalized spacial score (nSPS) is 21.0. The molecule has 3 rings (SSSR count). The van der Waals surface area contributed by atoms with Crippen molar-refractivity contribution in [3.63, 3.8) is 0 Å². The largest absolute Gasteiger partial charge is 0.364 e. The summed E-state index contributed by atoms with van der Waals surface area (Å²) in [4.78, 5) is 9.39. The molecule has 1 aliphatic heterocycles. The highest BCUT2D eigenvalue weighted by Gasteiger charge is 2.45. The van der Waals surface area contributed by atoms with Crippen LogP contribution in [0, 0.1) is 5.41 Å². The Balaban J connectivity index is 1.55. The monoisotopic (exact) mass is 383 g/mol. The molecule has 1 aromatic heterocycles. The molecule has 1 saturated heterocycles. The molecule has 2 fully saturated rings. The van der Waals surface area contributed by atoms with Gasteiger partial charge in [-0.15, -0.1) is 0 Å². The van der Waals surface area contributed by atoms with Crippen molar-refractivity contribution >= 4 is 15.8 Å². The fourth-order valence-electron chi connectivity index (χ4n) is 3.42. The van der Waals surface area contributed by atoms with Crippen LogP contribution in [0.3, 0.4) is 0 Å². The number of hydrogen-bond acceptors (Lipinski definition) is 6. The average Bonchev–Trinajstić information content (AvgIpc) is 3.13. The van der Waals surface area contributed by atoms with Gasteiger partial charge in [0.05, 0.1) is 11.4 Å². The Bertz CT molecular complexity index is 705. The van der Waals surface area contributed by atoms with Crippen LogP contribution >= 0.6 is 0 Å². The Kier molecular flexibility index (Phi) is 5.86. The molecule has 9 heteroatoms. The molecule has 1 N–H and O–H groups in total. The summed E-state index contributed by atoms with van der Waals surface area (Å²) in [6.45, 7) is 7.90. The maximum Gasteiger partial charge on any atom is 0.194 e. The number of rotatable bonds is 7. The highest BCUT2D eigenvalue weighted by atomic mass is 32.2. The molecule has 26 heavy (non-hydrogen) atoms. The molecule has 0 unspecified atom stereocenters. The zero-order chi connectivity index (χ0) is 18.6. The van der Waals surface area contributed by atoms with Gasteiger partial charge in [-0.2, -0.15) is 0 Å². The Labute approximate surface area is 155 Å². The molecular formula is C17H29N5O3S. The van der Waals surface area contributed by atoms with E-state index >= 15 is 0 Å². The van der Waals surface area contributed by atoms with Crippen LogP contribution in [0.4, 0.5) is 0 Å². The molecule has 0 bridgehead atoms. The van der Waals surface area contributed by atoms with E-state index in [1.54, 1.807) is 6.26 Å². The highest BCUT2D eigenvalue weighted by molar-refractivity contribution is 7.90. The third-order valence-corrected chi connectivity index (χ3v) is 6.11. The number of sulfone groups is 1. The van der Waals surface area contributed by atoms with Crippen molar-refractivity contribution in [2.75, 3.05) is 51.3 Å². The Morgan fingerprint density at radius 2 is 2.08 bits per heavy atom. The van der Waals surface area contributed by atoms with Crippen molar-refractivity contribution in [1.82, 2.24) is 20.3 Å². The fraction of sp³-hybridized carbons (Fsp3) is 0.765. The smallest absolute Gasteiger partial charge is 0.194 e. The minimum absolute atomic E-state index is 0.136. The molecular weight excluding hydrogens is 354 g/mol. The number of guanidine groups is 1. The topological polar surface area (TPSA) is 91.0 Å². The standard InChI is InChI=1S/C17H29N5O3S/c1-3-18-16(19-13-17(5-6-17)14-26(2,23)24)22-9-7-21(8-10-22)12-15-4-11-25-20-15/h4,11H,3,5-10,12-14H2,1-2H3,(H,18,19). The van der Waals surface area contributed by atoms with Gasteiger partial charge in [0.15, 0.2) is 5.96 Å². The van der Waals surface area contributed by atoms with Crippen molar-refractivity contribution in [1.29, 1.82) is 0 Å². The third-order valence-electron chi connectivity index (χ3n) is 4.97. The van der Waals surface area contributed by atoms with Crippen LogP contribution in [0.1, 0.15) is 25.5 Å². The molecule has 0 spiro atoms. The molecule has 0 amide bonds. The van der Waals surface area contributed by atoms with E-state index in [1.807, 2.05) is 6.07 Å². The molecule has 146 valence electrons. The fourth-order valence-corrected chi connectivity index (χ4v) is 4.91. The summed E-state index contributed by atoms with van der Waals surface area (Å²) < 4.78 is 28.2.